The Balaban J connectivity index is 2.14. The monoisotopic (exact) mass is 364 g/mol. The molecule has 0 saturated carbocycles. The molecule has 2 N–H and O–H groups in total. The van der Waals surface area contributed by atoms with Crippen LogP contribution in [0.3, 0.4) is 0 Å². The molecule has 0 unspecified atom stereocenters. The second kappa shape index (κ2) is 6.79. The van der Waals surface area contributed by atoms with Crippen LogP contribution in [0.5, 0.6) is 0 Å². The van der Waals surface area contributed by atoms with Gasteiger partial charge < -0.3 is 10.4 Å². The second-order valence-electron chi connectivity index (χ2n) is 7.06. The highest BCUT2D eigenvalue weighted by atomic mass is 16.3. The largest absolute Gasteiger partial charge is 0.506 e. The van der Waals surface area contributed by atoms with E-state index in [2.05, 4.69) is 10.3 Å². The van der Waals surface area contributed by atoms with E-state index in [4.69, 9.17) is 0 Å². The van der Waals surface area contributed by atoms with E-state index in [0.717, 1.165) is 11.1 Å². The Labute approximate surface area is 156 Å². The number of carbonyl (C=O) groups excluding carboxylic acids is 3. The third-order valence-corrected chi connectivity index (χ3v) is 4.70. The number of nitrogens with zero attached hydrogens (tertiary/aromatic N) is 1. The number of aliphatic hydroxyl groups excluding tert-OH is 1. The van der Waals surface area contributed by atoms with Gasteiger partial charge in [-0.05, 0) is 44.0 Å². The molecule has 1 heterocycles. The molecule has 27 heavy (non-hydrogen) atoms. The predicted octanol–water partition coefficient (Wildman–Crippen LogP) is 2.58. The van der Waals surface area contributed by atoms with Crippen LogP contribution >= 0.6 is 0 Å². The molecule has 6 nitrogen and oxygen atoms in total. The quantitative estimate of drug-likeness (QED) is 0.813. The number of amides is 1. The number of benzene rings is 1. The fraction of sp³-hybridized carbons (Fsp3) is 0.238. The van der Waals surface area contributed by atoms with E-state index in [0.29, 0.717) is 11.1 Å². The van der Waals surface area contributed by atoms with Crippen molar-refractivity contribution in [3.63, 3.8) is 0 Å². The Kier molecular flexibility index (Phi) is 4.66. The molecule has 1 amide bonds. The molecule has 2 aromatic rings. The van der Waals surface area contributed by atoms with Crippen LogP contribution in [-0.2, 0) is 19.8 Å². The Morgan fingerprint density at radius 3 is 2.56 bits per heavy atom. The van der Waals surface area contributed by atoms with Crippen molar-refractivity contribution in [3.8, 4) is 11.1 Å². The minimum absolute atomic E-state index is 0.202. The minimum atomic E-state index is -0.988. The summed E-state index contributed by atoms with van der Waals surface area (Å²) in [5, 5.41) is 13.1. The van der Waals surface area contributed by atoms with Gasteiger partial charge >= 0.3 is 0 Å². The molecule has 0 spiro atoms. The molecular weight excluding hydrogens is 344 g/mol. The van der Waals surface area contributed by atoms with Crippen molar-refractivity contribution >= 4 is 23.2 Å². The highest BCUT2D eigenvalue weighted by Gasteiger charge is 2.43. The summed E-state index contributed by atoms with van der Waals surface area (Å²) in [6.45, 7) is 4.55. The topological polar surface area (TPSA) is 96.4 Å². The van der Waals surface area contributed by atoms with Gasteiger partial charge in [-0.3, -0.25) is 19.4 Å². The van der Waals surface area contributed by atoms with Crippen LogP contribution in [0.2, 0.25) is 0 Å². The molecule has 138 valence electrons. The predicted molar refractivity (Wildman–Crippen MR) is 101 cm³/mol. The SMILES string of the molecule is CC(=O)CNC(=O)C1=C(O)c2cc(-c3cccnc3)ccc2C(C)(C)C1=O. The molecule has 6 heteroatoms. The fourth-order valence-corrected chi connectivity index (χ4v) is 3.18. The van der Waals surface area contributed by atoms with E-state index < -0.39 is 17.1 Å². The zero-order chi connectivity index (χ0) is 19.8. The van der Waals surface area contributed by atoms with Crippen molar-refractivity contribution in [1.82, 2.24) is 10.3 Å². The lowest BCUT2D eigenvalue weighted by molar-refractivity contribution is -0.126. The van der Waals surface area contributed by atoms with Crippen molar-refractivity contribution in [3.05, 3.63) is 59.4 Å². The van der Waals surface area contributed by atoms with Gasteiger partial charge in [0.25, 0.3) is 5.91 Å². The van der Waals surface area contributed by atoms with Gasteiger partial charge in [0.05, 0.1) is 12.0 Å². The molecule has 1 aromatic heterocycles. The highest BCUT2D eigenvalue weighted by Crippen LogP contribution is 2.40. The first-order valence-electron chi connectivity index (χ1n) is 8.54. The minimum Gasteiger partial charge on any atom is -0.506 e. The summed E-state index contributed by atoms with van der Waals surface area (Å²) in [4.78, 5) is 40.6. The lowest BCUT2D eigenvalue weighted by Crippen LogP contribution is -2.42. The van der Waals surface area contributed by atoms with Gasteiger partial charge in [-0.25, -0.2) is 0 Å². The third kappa shape index (κ3) is 3.26. The number of pyridine rings is 1. The number of ketones is 2. The van der Waals surface area contributed by atoms with Crippen molar-refractivity contribution in [2.75, 3.05) is 6.54 Å². The van der Waals surface area contributed by atoms with E-state index >= 15 is 0 Å². The summed E-state index contributed by atoms with van der Waals surface area (Å²) in [6.07, 6.45) is 3.36. The molecule has 0 fully saturated rings. The number of nitrogens with one attached hydrogen (secondary N) is 1. The van der Waals surface area contributed by atoms with Gasteiger partial charge in [-0.2, -0.15) is 0 Å². The zero-order valence-electron chi connectivity index (χ0n) is 15.4. The van der Waals surface area contributed by atoms with Gasteiger partial charge in [0.15, 0.2) is 5.78 Å². The van der Waals surface area contributed by atoms with E-state index in [1.807, 2.05) is 12.1 Å². The van der Waals surface area contributed by atoms with E-state index in [1.54, 1.807) is 44.4 Å². The summed E-state index contributed by atoms with van der Waals surface area (Å²) in [5.41, 5.74) is 1.41. The first-order valence-corrected chi connectivity index (χ1v) is 8.54. The first-order chi connectivity index (χ1) is 12.7. The van der Waals surface area contributed by atoms with Crippen molar-refractivity contribution in [1.29, 1.82) is 0 Å². The van der Waals surface area contributed by atoms with E-state index in [-0.39, 0.29) is 23.7 Å². The van der Waals surface area contributed by atoms with Crippen LogP contribution in [0.15, 0.2) is 48.3 Å². The Morgan fingerprint density at radius 2 is 1.93 bits per heavy atom. The first kappa shape index (κ1) is 18.5. The number of aromatic nitrogens is 1. The lowest BCUT2D eigenvalue weighted by atomic mass is 9.70. The normalized spacial score (nSPS) is 15.3. The number of hydrogen-bond acceptors (Lipinski definition) is 5. The lowest BCUT2D eigenvalue weighted by Gasteiger charge is -2.32. The Morgan fingerprint density at radius 1 is 1.19 bits per heavy atom. The number of Topliss-reactive ketones (excluding diaryl/α,β-unsaturated/α-hetero) is 2. The van der Waals surface area contributed by atoms with Crippen LogP contribution in [0, 0.1) is 0 Å². The van der Waals surface area contributed by atoms with Gasteiger partial charge in [0, 0.05) is 23.5 Å². The fourth-order valence-electron chi connectivity index (χ4n) is 3.18. The molecule has 0 atom stereocenters. The maximum Gasteiger partial charge on any atom is 0.259 e. The number of rotatable bonds is 4. The van der Waals surface area contributed by atoms with Crippen molar-refractivity contribution in [2.24, 2.45) is 0 Å². The molecule has 0 bridgehead atoms. The van der Waals surface area contributed by atoms with E-state index in [1.165, 1.54) is 6.92 Å². The summed E-state index contributed by atoms with van der Waals surface area (Å²) >= 11 is 0. The zero-order valence-corrected chi connectivity index (χ0v) is 15.4. The highest BCUT2D eigenvalue weighted by molar-refractivity contribution is 6.28. The van der Waals surface area contributed by atoms with Crippen molar-refractivity contribution in [2.45, 2.75) is 26.2 Å². The number of carbonyl (C=O) groups is 3. The summed E-state index contributed by atoms with van der Waals surface area (Å²) in [7, 11) is 0. The van der Waals surface area contributed by atoms with Gasteiger partial charge in [0.2, 0.25) is 0 Å². The standard InChI is InChI=1S/C21H20N2O4/c1-12(24)10-23-20(27)17-18(25)15-9-13(14-5-4-8-22-11-14)6-7-16(15)21(2,3)19(17)26/h4-9,11,25H,10H2,1-3H3,(H,23,27). The molecule has 0 radical (unpaired) electrons. The van der Waals surface area contributed by atoms with Crippen LogP contribution in [0.1, 0.15) is 31.9 Å². The van der Waals surface area contributed by atoms with Gasteiger partial charge in [0.1, 0.15) is 17.1 Å². The Bertz CT molecular complexity index is 975. The molecule has 0 aliphatic heterocycles. The van der Waals surface area contributed by atoms with E-state index in [9.17, 15) is 19.5 Å². The number of hydrogen-bond donors (Lipinski definition) is 2. The molecule has 1 aliphatic rings. The molecule has 1 aromatic carbocycles. The van der Waals surface area contributed by atoms with Crippen molar-refractivity contribution < 1.29 is 19.5 Å². The number of fused-ring (bicyclic) bond motifs is 1. The number of aliphatic hydroxyl groups is 1. The average Bonchev–Trinajstić information content (AvgIpc) is 2.65. The summed E-state index contributed by atoms with van der Waals surface area (Å²) in [5.74, 6) is -1.85. The van der Waals surface area contributed by atoms with Gasteiger partial charge in [-0.1, -0.05) is 18.2 Å². The van der Waals surface area contributed by atoms with Crippen LogP contribution in [0.25, 0.3) is 16.9 Å². The van der Waals surface area contributed by atoms with Crippen LogP contribution in [0.4, 0.5) is 0 Å². The molecular formula is C21H20N2O4. The second-order valence-corrected chi connectivity index (χ2v) is 7.06. The molecule has 3 rings (SSSR count). The Hall–Kier alpha value is -3.28. The third-order valence-electron chi connectivity index (χ3n) is 4.70. The smallest absolute Gasteiger partial charge is 0.259 e. The average molecular weight is 364 g/mol. The van der Waals surface area contributed by atoms with Crippen LogP contribution in [-0.4, -0.2) is 34.1 Å². The maximum absolute atomic E-state index is 12.9. The molecule has 0 saturated heterocycles. The summed E-state index contributed by atoms with van der Waals surface area (Å²) in [6, 6.07) is 9.08. The maximum atomic E-state index is 12.9. The molecule has 1 aliphatic carbocycles. The summed E-state index contributed by atoms with van der Waals surface area (Å²) < 4.78 is 0. The van der Waals surface area contributed by atoms with Gasteiger partial charge in [-0.15, -0.1) is 0 Å². The van der Waals surface area contributed by atoms with Crippen LogP contribution < -0.4 is 5.32 Å².